The van der Waals surface area contributed by atoms with Gasteiger partial charge in [-0.15, -0.1) is 0 Å². The summed E-state index contributed by atoms with van der Waals surface area (Å²) >= 11 is 0. The van der Waals surface area contributed by atoms with Crippen LogP contribution >= 0.6 is 0 Å². The van der Waals surface area contributed by atoms with Crippen LogP contribution in [0.2, 0.25) is 0 Å². The van der Waals surface area contributed by atoms with Gasteiger partial charge < -0.3 is 8.92 Å². The topological polar surface area (TPSA) is 148 Å². The number of benzene rings is 1. The fourth-order valence-corrected chi connectivity index (χ4v) is 7.22. The number of hydrogen-bond acceptors (Lipinski definition) is 7. The summed E-state index contributed by atoms with van der Waals surface area (Å²) in [6.45, 7) is 2.12. The van der Waals surface area contributed by atoms with Gasteiger partial charge in [0.05, 0.1) is 13.2 Å². The Morgan fingerprint density at radius 2 is 1.73 bits per heavy atom. The third-order valence-electron chi connectivity index (χ3n) is 7.38. The molecule has 2 saturated carbocycles. The number of aryl methyl sites for hydroxylation is 1. The van der Waals surface area contributed by atoms with E-state index in [4.69, 9.17) is 23.4 Å². The van der Waals surface area contributed by atoms with Crippen LogP contribution in [0.4, 0.5) is 0 Å². The summed E-state index contributed by atoms with van der Waals surface area (Å²) < 4.78 is 61.4. The molecule has 2 fully saturated rings. The Bertz CT molecular complexity index is 1060. The van der Waals surface area contributed by atoms with Crippen LogP contribution in [-0.2, 0) is 31.2 Å². The maximum Gasteiger partial charge on any atom is 0.380 e. The molecule has 0 aromatic heterocycles. The third kappa shape index (κ3) is 3.93. The number of rotatable bonds is 5. The Morgan fingerprint density at radius 3 is 2.37 bits per heavy atom. The summed E-state index contributed by atoms with van der Waals surface area (Å²) in [5.41, 5.74) is 1.95. The van der Waals surface area contributed by atoms with Crippen molar-refractivity contribution in [2.75, 3.05) is 7.11 Å². The zero-order valence-corrected chi connectivity index (χ0v) is 18.7. The molecule has 0 saturated heterocycles. The summed E-state index contributed by atoms with van der Waals surface area (Å²) in [6.07, 6.45) is 4.61. The van der Waals surface area contributed by atoms with Crippen LogP contribution in [0.25, 0.3) is 0 Å². The van der Waals surface area contributed by atoms with E-state index in [9.17, 15) is 16.8 Å². The lowest BCUT2D eigenvalue weighted by atomic mass is 9.55. The van der Waals surface area contributed by atoms with E-state index in [2.05, 4.69) is 6.92 Å². The van der Waals surface area contributed by atoms with E-state index in [1.165, 1.54) is 7.11 Å². The van der Waals surface area contributed by atoms with Crippen molar-refractivity contribution in [3.8, 4) is 11.5 Å². The maximum atomic E-state index is 11.5. The largest absolute Gasteiger partial charge is 0.493 e. The predicted molar refractivity (Wildman–Crippen MR) is 109 cm³/mol. The molecular formula is C19H28N2O7S2. The Kier molecular flexibility index (Phi) is 5.33. The molecule has 11 heteroatoms. The van der Waals surface area contributed by atoms with E-state index in [0.29, 0.717) is 24.0 Å². The van der Waals surface area contributed by atoms with Crippen molar-refractivity contribution >= 4 is 20.6 Å². The van der Waals surface area contributed by atoms with Gasteiger partial charge in [-0.2, -0.15) is 22.0 Å². The van der Waals surface area contributed by atoms with Gasteiger partial charge in [-0.3, -0.25) is 4.18 Å². The molecule has 0 aliphatic heterocycles. The zero-order chi connectivity index (χ0) is 21.9. The van der Waals surface area contributed by atoms with Gasteiger partial charge in [0.15, 0.2) is 11.5 Å². The van der Waals surface area contributed by atoms with Crippen molar-refractivity contribution in [1.29, 1.82) is 0 Å². The van der Waals surface area contributed by atoms with E-state index < -0.39 is 20.6 Å². The van der Waals surface area contributed by atoms with E-state index in [0.717, 1.165) is 43.2 Å². The summed E-state index contributed by atoms with van der Waals surface area (Å²) in [7, 11) is -6.69. The molecular weight excluding hydrogens is 432 g/mol. The Labute approximate surface area is 177 Å². The fraction of sp³-hybridized carbons (Fsp3) is 0.684. The second-order valence-corrected chi connectivity index (χ2v) is 11.2. The van der Waals surface area contributed by atoms with E-state index in [-0.39, 0.29) is 23.2 Å². The molecule has 1 aromatic rings. The monoisotopic (exact) mass is 460 g/mol. The van der Waals surface area contributed by atoms with Crippen molar-refractivity contribution in [2.24, 2.45) is 27.5 Å². The predicted octanol–water partition coefficient (Wildman–Crippen LogP) is 1.72. The first-order valence-electron chi connectivity index (χ1n) is 10.1. The molecule has 0 amide bonds. The summed E-state index contributed by atoms with van der Waals surface area (Å²) in [5, 5.41) is 10.2. The summed E-state index contributed by atoms with van der Waals surface area (Å²) in [4.78, 5) is 0. The highest BCUT2D eigenvalue weighted by atomic mass is 32.2. The molecule has 0 radical (unpaired) electrons. The smallest absolute Gasteiger partial charge is 0.380 e. The van der Waals surface area contributed by atoms with Crippen molar-refractivity contribution < 1.29 is 29.9 Å². The lowest BCUT2D eigenvalue weighted by molar-refractivity contribution is -0.00805. The third-order valence-corrected chi connectivity index (χ3v) is 8.29. The van der Waals surface area contributed by atoms with Crippen molar-refractivity contribution in [2.45, 2.75) is 57.5 Å². The van der Waals surface area contributed by atoms with E-state index >= 15 is 0 Å². The molecule has 3 unspecified atom stereocenters. The first-order chi connectivity index (χ1) is 13.9. The van der Waals surface area contributed by atoms with Crippen LogP contribution in [0.15, 0.2) is 12.1 Å². The molecule has 0 spiro atoms. The highest BCUT2D eigenvalue weighted by molar-refractivity contribution is 7.84. The highest BCUT2D eigenvalue weighted by Gasteiger charge is 2.56. The van der Waals surface area contributed by atoms with E-state index in [1.54, 1.807) is 6.07 Å². The minimum Gasteiger partial charge on any atom is -0.493 e. The van der Waals surface area contributed by atoms with Gasteiger partial charge in [-0.25, -0.2) is 5.14 Å². The zero-order valence-electron chi connectivity index (χ0n) is 17.0. The van der Waals surface area contributed by atoms with Crippen molar-refractivity contribution in [1.82, 2.24) is 0 Å². The standard InChI is InChI=1S/C19H28N2O7S2/c1-19-8-7-12-13(15(19)5-6-18(19)28-30(21,24)25)4-3-11-9-17(27-29(20,22)23)16(26-2)10-14(11)12/h9-10,12-13,15,18H,3-8H2,1-2H3,(H2,20,22,23)(H2,21,24,25)/t12-,13?,15?,18?,19-/m0/s1. The van der Waals surface area contributed by atoms with Crippen LogP contribution in [0.1, 0.15) is 56.1 Å². The Morgan fingerprint density at radius 1 is 1.00 bits per heavy atom. The average molecular weight is 461 g/mol. The number of ether oxygens (including phenoxy) is 1. The van der Waals surface area contributed by atoms with Crippen LogP contribution < -0.4 is 19.2 Å². The average Bonchev–Trinajstić information content (AvgIpc) is 2.94. The second kappa shape index (κ2) is 7.33. The molecule has 1 aromatic carbocycles. The molecule has 3 aliphatic carbocycles. The first kappa shape index (κ1) is 21.8. The molecule has 4 N–H and O–H groups in total. The Balaban J connectivity index is 1.65. The lowest BCUT2D eigenvalue weighted by Crippen LogP contribution is -2.45. The molecule has 5 atom stereocenters. The van der Waals surface area contributed by atoms with Gasteiger partial charge in [0.25, 0.3) is 0 Å². The van der Waals surface area contributed by atoms with Gasteiger partial charge in [0.1, 0.15) is 0 Å². The summed E-state index contributed by atoms with van der Waals surface area (Å²) in [5.74, 6) is 1.44. The van der Waals surface area contributed by atoms with Crippen LogP contribution in [0, 0.1) is 17.3 Å². The number of methoxy groups -OCH3 is 1. The van der Waals surface area contributed by atoms with Crippen molar-refractivity contribution in [3.63, 3.8) is 0 Å². The Hall–Kier alpha value is -1.40. The van der Waals surface area contributed by atoms with Crippen LogP contribution in [-0.4, -0.2) is 30.0 Å². The lowest BCUT2D eigenvalue weighted by Gasteiger charge is -2.50. The number of hydrogen-bond donors (Lipinski definition) is 2. The number of fused-ring (bicyclic) bond motifs is 5. The highest BCUT2D eigenvalue weighted by Crippen LogP contribution is 2.62. The van der Waals surface area contributed by atoms with Crippen molar-refractivity contribution in [3.05, 3.63) is 23.3 Å². The first-order valence-corrected chi connectivity index (χ1v) is 13.0. The normalized spacial score (nSPS) is 33.3. The van der Waals surface area contributed by atoms with Gasteiger partial charge in [0.2, 0.25) is 0 Å². The van der Waals surface area contributed by atoms with Gasteiger partial charge >= 0.3 is 20.6 Å². The minimum absolute atomic E-state index is 0.0975. The molecule has 3 aliphatic rings. The molecule has 0 heterocycles. The molecule has 4 rings (SSSR count). The maximum absolute atomic E-state index is 11.5. The van der Waals surface area contributed by atoms with Gasteiger partial charge in [-0.05, 0) is 85.0 Å². The quantitative estimate of drug-likeness (QED) is 0.679. The second-order valence-electron chi connectivity index (χ2n) is 8.89. The molecule has 30 heavy (non-hydrogen) atoms. The summed E-state index contributed by atoms with van der Waals surface area (Å²) in [6, 6.07) is 3.58. The molecule has 168 valence electrons. The SMILES string of the molecule is COc1cc2c(cc1OS(N)(=O)=O)CCC1C3CCC(OS(N)(=O)=O)[C@@]3(C)CC[C@H]21. The number of nitrogens with two attached hydrogens (primary N) is 2. The van der Waals surface area contributed by atoms with Crippen LogP contribution in [0.3, 0.4) is 0 Å². The molecule has 9 nitrogen and oxygen atoms in total. The molecule has 0 bridgehead atoms. The van der Waals surface area contributed by atoms with E-state index in [1.807, 2.05) is 6.07 Å². The van der Waals surface area contributed by atoms with Gasteiger partial charge in [0, 0.05) is 0 Å². The minimum atomic E-state index is -4.15. The fourth-order valence-electron chi connectivity index (χ4n) is 6.20. The van der Waals surface area contributed by atoms with Crippen LogP contribution in [0.5, 0.6) is 11.5 Å². The van der Waals surface area contributed by atoms with Gasteiger partial charge in [-0.1, -0.05) is 6.92 Å².